The van der Waals surface area contributed by atoms with Crippen molar-refractivity contribution in [1.29, 1.82) is 0 Å². The molecule has 0 radical (unpaired) electrons. The molecule has 0 fully saturated rings. The van der Waals surface area contributed by atoms with E-state index in [1.807, 2.05) is 12.1 Å². The minimum Gasteiger partial charge on any atom is -0.399 e. The second-order valence-electron chi connectivity index (χ2n) is 2.80. The van der Waals surface area contributed by atoms with E-state index in [1.165, 1.54) is 0 Å². The quantitative estimate of drug-likeness (QED) is 0.365. The van der Waals surface area contributed by atoms with Gasteiger partial charge in [0, 0.05) is 5.69 Å². The Hall–Kier alpha value is -2.04. The van der Waals surface area contributed by atoms with Crippen molar-refractivity contribution in [3.05, 3.63) is 29.8 Å². The zero-order chi connectivity index (χ0) is 10.6. The summed E-state index contributed by atoms with van der Waals surface area (Å²) >= 11 is 0. The number of nitrogens with two attached hydrogens (primary N) is 2. The Morgan fingerprint density at radius 2 is 2.21 bits per heavy atom. The molecule has 0 saturated heterocycles. The molecule has 0 saturated carbocycles. The fourth-order valence-electron chi connectivity index (χ4n) is 0.967. The van der Waals surface area contributed by atoms with Gasteiger partial charge in [0.15, 0.2) is 0 Å². The number of carbonyl (C=O) groups is 1. The van der Waals surface area contributed by atoms with Gasteiger partial charge in [-0.1, -0.05) is 12.1 Å². The van der Waals surface area contributed by atoms with Gasteiger partial charge in [0.2, 0.25) is 0 Å². The first-order valence-corrected chi connectivity index (χ1v) is 4.05. The van der Waals surface area contributed by atoms with Crippen LogP contribution in [0.1, 0.15) is 12.5 Å². The molecule has 2 amide bonds. The molecule has 1 rings (SSSR count). The fraction of sp³-hybridized carbons (Fsp3) is 0.111. The van der Waals surface area contributed by atoms with Crippen LogP contribution in [0, 0.1) is 0 Å². The van der Waals surface area contributed by atoms with Gasteiger partial charge in [0.25, 0.3) is 0 Å². The van der Waals surface area contributed by atoms with Crippen molar-refractivity contribution in [2.75, 3.05) is 5.73 Å². The van der Waals surface area contributed by atoms with Gasteiger partial charge in [0.1, 0.15) is 0 Å². The first-order valence-electron chi connectivity index (χ1n) is 4.05. The summed E-state index contributed by atoms with van der Waals surface area (Å²) in [5.74, 6) is 0. The van der Waals surface area contributed by atoms with E-state index in [-0.39, 0.29) is 0 Å². The van der Waals surface area contributed by atoms with Crippen molar-refractivity contribution in [2.24, 2.45) is 10.8 Å². The number of anilines is 1. The van der Waals surface area contributed by atoms with Gasteiger partial charge in [-0.2, -0.15) is 5.10 Å². The van der Waals surface area contributed by atoms with Gasteiger partial charge < -0.3 is 11.5 Å². The molecule has 1 aromatic rings. The van der Waals surface area contributed by atoms with Crippen LogP contribution >= 0.6 is 0 Å². The van der Waals surface area contributed by atoms with Gasteiger partial charge in [0.05, 0.1) is 5.71 Å². The van der Waals surface area contributed by atoms with Crippen LogP contribution in [0.5, 0.6) is 0 Å². The SMILES string of the molecule is CC(=NNC(N)=O)c1cccc(N)c1. The number of hydrogen-bond donors (Lipinski definition) is 3. The number of nitrogens with one attached hydrogen (secondary N) is 1. The van der Waals surface area contributed by atoms with E-state index >= 15 is 0 Å². The number of rotatable bonds is 2. The Bertz CT molecular complexity index is 373. The summed E-state index contributed by atoms with van der Waals surface area (Å²) in [4.78, 5) is 10.4. The van der Waals surface area contributed by atoms with E-state index in [0.717, 1.165) is 5.56 Å². The highest BCUT2D eigenvalue weighted by atomic mass is 16.2. The number of primary amides is 1. The number of nitrogen functional groups attached to an aromatic ring is 1. The summed E-state index contributed by atoms with van der Waals surface area (Å²) in [6, 6.07) is 6.51. The van der Waals surface area contributed by atoms with Crippen molar-refractivity contribution in [1.82, 2.24) is 5.43 Å². The van der Waals surface area contributed by atoms with Crippen molar-refractivity contribution < 1.29 is 4.79 Å². The molecule has 0 bridgehead atoms. The van der Waals surface area contributed by atoms with Crippen molar-refractivity contribution in [3.63, 3.8) is 0 Å². The third kappa shape index (κ3) is 2.78. The van der Waals surface area contributed by atoms with Crippen LogP contribution in [0.25, 0.3) is 0 Å². The maximum atomic E-state index is 10.4. The molecule has 0 spiro atoms. The van der Waals surface area contributed by atoms with Crippen molar-refractivity contribution in [3.8, 4) is 0 Å². The van der Waals surface area contributed by atoms with Crippen LogP contribution in [0.4, 0.5) is 10.5 Å². The molecule has 14 heavy (non-hydrogen) atoms. The topological polar surface area (TPSA) is 93.5 Å². The molecule has 0 heterocycles. The molecule has 5 nitrogen and oxygen atoms in total. The zero-order valence-electron chi connectivity index (χ0n) is 7.82. The van der Waals surface area contributed by atoms with Crippen LogP contribution in [-0.2, 0) is 0 Å². The average molecular weight is 192 g/mol. The van der Waals surface area contributed by atoms with Gasteiger partial charge in [-0.3, -0.25) is 0 Å². The van der Waals surface area contributed by atoms with E-state index in [1.54, 1.807) is 19.1 Å². The number of benzene rings is 1. The Morgan fingerprint density at radius 3 is 2.79 bits per heavy atom. The maximum absolute atomic E-state index is 10.4. The van der Waals surface area contributed by atoms with Crippen molar-refractivity contribution in [2.45, 2.75) is 6.92 Å². The van der Waals surface area contributed by atoms with Gasteiger partial charge in [-0.05, 0) is 24.6 Å². The summed E-state index contributed by atoms with van der Waals surface area (Å²) in [6.45, 7) is 1.75. The Kier molecular flexibility index (Phi) is 3.06. The summed E-state index contributed by atoms with van der Waals surface area (Å²) in [7, 11) is 0. The third-order valence-electron chi connectivity index (χ3n) is 1.64. The monoisotopic (exact) mass is 192 g/mol. The van der Waals surface area contributed by atoms with Crippen LogP contribution < -0.4 is 16.9 Å². The molecule has 0 aliphatic carbocycles. The Balaban J connectivity index is 2.83. The lowest BCUT2D eigenvalue weighted by atomic mass is 10.1. The van der Waals surface area contributed by atoms with Crippen LogP contribution in [0.2, 0.25) is 0 Å². The fourth-order valence-corrected chi connectivity index (χ4v) is 0.967. The molecule has 0 aliphatic rings. The second kappa shape index (κ2) is 4.27. The number of hydrazone groups is 1. The molecule has 74 valence electrons. The highest BCUT2D eigenvalue weighted by molar-refractivity contribution is 5.99. The standard InChI is InChI=1S/C9H12N4O/c1-6(12-13-9(11)14)7-3-2-4-8(10)5-7/h2-5H,10H2,1H3,(H3,11,13,14). The van der Waals surface area contributed by atoms with Crippen LogP contribution in [0.3, 0.4) is 0 Å². The van der Waals surface area contributed by atoms with Crippen LogP contribution in [0.15, 0.2) is 29.4 Å². The molecule has 5 heteroatoms. The highest BCUT2D eigenvalue weighted by Crippen LogP contribution is 2.07. The molecule has 0 atom stereocenters. The Labute approximate surface area is 81.8 Å². The van der Waals surface area contributed by atoms with Gasteiger partial charge in [-0.15, -0.1) is 0 Å². The molecular weight excluding hydrogens is 180 g/mol. The molecule has 0 unspecified atom stereocenters. The number of urea groups is 1. The Morgan fingerprint density at radius 1 is 1.50 bits per heavy atom. The highest BCUT2D eigenvalue weighted by Gasteiger charge is 1.97. The minimum atomic E-state index is -0.687. The van der Waals surface area contributed by atoms with Gasteiger partial charge in [-0.25, -0.2) is 10.2 Å². The van der Waals surface area contributed by atoms with E-state index in [0.29, 0.717) is 11.4 Å². The third-order valence-corrected chi connectivity index (χ3v) is 1.64. The second-order valence-corrected chi connectivity index (χ2v) is 2.80. The summed E-state index contributed by atoms with van der Waals surface area (Å²) in [6.07, 6.45) is 0. The average Bonchev–Trinajstić information content (AvgIpc) is 2.14. The molecule has 5 N–H and O–H groups in total. The van der Waals surface area contributed by atoms with E-state index in [2.05, 4.69) is 10.5 Å². The number of carbonyl (C=O) groups excluding carboxylic acids is 1. The number of hydrogen-bond acceptors (Lipinski definition) is 3. The van der Waals surface area contributed by atoms with Crippen molar-refractivity contribution >= 4 is 17.4 Å². The summed E-state index contributed by atoms with van der Waals surface area (Å²) in [5.41, 5.74) is 14.7. The molecular formula is C9H12N4O. The molecule has 1 aromatic carbocycles. The summed E-state index contributed by atoms with van der Waals surface area (Å²) in [5, 5.41) is 3.77. The lowest BCUT2D eigenvalue weighted by Crippen LogP contribution is -2.25. The summed E-state index contributed by atoms with van der Waals surface area (Å²) < 4.78 is 0. The maximum Gasteiger partial charge on any atom is 0.332 e. The first-order chi connectivity index (χ1) is 6.59. The van der Waals surface area contributed by atoms with E-state index in [9.17, 15) is 4.79 Å². The first kappa shape index (κ1) is 10.0. The van der Waals surface area contributed by atoms with Crippen LogP contribution in [-0.4, -0.2) is 11.7 Å². The predicted molar refractivity (Wildman–Crippen MR) is 55.8 cm³/mol. The smallest absolute Gasteiger partial charge is 0.332 e. The largest absolute Gasteiger partial charge is 0.399 e. The molecule has 0 aromatic heterocycles. The minimum absolute atomic E-state index is 0.649. The normalized spacial score (nSPS) is 11.1. The van der Waals surface area contributed by atoms with E-state index in [4.69, 9.17) is 11.5 Å². The number of nitrogens with zero attached hydrogens (tertiary/aromatic N) is 1. The van der Waals surface area contributed by atoms with E-state index < -0.39 is 6.03 Å². The van der Waals surface area contributed by atoms with Gasteiger partial charge >= 0.3 is 6.03 Å². The lowest BCUT2D eigenvalue weighted by molar-refractivity contribution is 0.249. The lowest BCUT2D eigenvalue weighted by Gasteiger charge is -2.01. The number of amides is 2. The molecule has 0 aliphatic heterocycles. The predicted octanol–water partition coefficient (Wildman–Crippen LogP) is 0.661. The zero-order valence-corrected chi connectivity index (χ0v) is 7.82.